The summed E-state index contributed by atoms with van der Waals surface area (Å²) in [6.07, 6.45) is 2.67. The van der Waals surface area contributed by atoms with Crippen LogP contribution in [0.2, 0.25) is 0 Å². The second-order valence-electron chi connectivity index (χ2n) is 5.86. The summed E-state index contributed by atoms with van der Waals surface area (Å²) in [5, 5.41) is 11.4. The Bertz CT molecular complexity index is 931. The molecule has 0 saturated carbocycles. The van der Waals surface area contributed by atoms with Crippen LogP contribution >= 0.6 is 0 Å². The maximum absolute atomic E-state index is 5.39. The summed E-state index contributed by atoms with van der Waals surface area (Å²) in [6.45, 7) is 0.875. The molecule has 0 amide bonds. The van der Waals surface area contributed by atoms with Crippen LogP contribution in [0.25, 0.3) is 0 Å². The van der Waals surface area contributed by atoms with E-state index in [1.807, 2.05) is 24.3 Å². The molecule has 7 nitrogen and oxygen atoms in total. The van der Waals surface area contributed by atoms with Gasteiger partial charge in [0.05, 0.1) is 26.1 Å². The maximum Gasteiger partial charge on any atom is 0.249 e. The minimum atomic E-state index is 0.401. The van der Waals surface area contributed by atoms with Crippen molar-refractivity contribution >= 4 is 23.1 Å². The fourth-order valence-electron chi connectivity index (χ4n) is 3.09. The molecule has 2 heterocycles. The summed E-state index contributed by atoms with van der Waals surface area (Å²) in [4.78, 5) is 6.78. The standard InChI is InChI=1S/C19H19N5O2/c1-25-14-7-8-17(26-2)15(11-14)21-19-22-18(12-20-23-19)24-10-9-13-5-3-4-6-16(13)24/h3-8,11-12H,9-10H2,1-2H3,(H,21,22,23). The highest BCUT2D eigenvalue weighted by Gasteiger charge is 2.21. The average Bonchev–Trinajstić information content (AvgIpc) is 3.12. The van der Waals surface area contributed by atoms with Crippen molar-refractivity contribution in [2.45, 2.75) is 6.42 Å². The van der Waals surface area contributed by atoms with Gasteiger partial charge in [0.2, 0.25) is 5.95 Å². The van der Waals surface area contributed by atoms with Crippen molar-refractivity contribution in [3.8, 4) is 11.5 Å². The van der Waals surface area contributed by atoms with Gasteiger partial charge in [-0.05, 0) is 30.2 Å². The van der Waals surface area contributed by atoms with E-state index in [0.717, 1.165) is 24.5 Å². The molecule has 3 aromatic rings. The largest absolute Gasteiger partial charge is 0.497 e. The molecule has 7 heteroatoms. The topological polar surface area (TPSA) is 72.4 Å². The van der Waals surface area contributed by atoms with Crippen LogP contribution in [0.1, 0.15) is 5.56 Å². The van der Waals surface area contributed by atoms with Crippen molar-refractivity contribution in [1.29, 1.82) is 0 Å². The lowest BCUT2D eigenvalue weighted by atomic mass is 10.2. The van der Waals surface area contributed by atoms with E-state index in [-0.39, 0.29) is 0 Å². The highest BCUT2D eigenvalue weighted by molar-refractivity contribution is 5.69. The summed E-state index contributed by atoms with van der Waals surface area (Å²) >= 11 is 0. The van der Waals surface area contributed by atoms with Gasteiger partial charge in [-0.2, -0.15) is 10.1 Å². The normalized spacial score (nSPS) is 12.6. The van der Waals surface area contributed by atoms with E-state index < -0.39 is 0 Å². The van der Waals surface area contributed by atoms with Gasteiger partial charge < -0.3 is 19.7 Å². The predicted molar refractivity (Wildman–Crippen MR) is 99.8 cm³/mol. The molecule has 132 valence electrons. The van der Waals surface area contributed by atoms with Crippen LogP contribution in [0.4, 0.5) is 23.1 Å². The van der Waals surface area contributed by atoms with Crippen LogP contribution in [0.5, 0.6) is 11.5 Å². The molecule has 26 heavy (non-hydrogen) atoms. The lowest BCUT2D eigenvalue weighted by Crippen LogP contribution is -2.16. The summed E-state index contributed by atoms with van der Waals surface area (Å²) in [7, 11) is 3.23. The molecule has 1 N–H and O–H groups in total. The van der Waals surface area contributed by atoms with Crippen LogP contribution < -0.4 is 19.7 Å². The van der Waals surface area contributed by atoms with Crippen molar-refractivity contribution in [1.82, 2.24) is 15.2 Å². The number of fused-ring (bicyclic) bond motifs is 1. The first kappa shape index (κ1) is 16.1. The molecule has 1 aliphatic heterocycles. The van der Waals surface area contributed by atoms with E-state index in [2.05, 4.69) is 43.6 Å². The molecule has 1 aliphatic rings. The third-order valence-electron chi connectivity index (χ3n) is 4.36. The van der Waals surface area contributed by atoms with Crippen molar-refractivity contribution in [2.24, 2.45) is 0 Å². The number of para-hydroxylation sites is 1. The summed E-state index contributed by atoms with van der Waals surface area (Å²) in [6, 6.07) is 13.8. The first-order valence-corrected chi connectivity index (χ1v) is 8.32. The molecule has 0 fully saturated rings. The molecular weight excluding hydrogens is 330 g/mol. The summed E-state index contributed by atoms with van der Waals surface area (Å²) in [5.74, 6) is 2.55. The van der Waals surface area contributed by atoms with Crippen LogP contribution in [0.15, 0.2) is 48.7 Å². The van der Waals surface area contributed by atoms with Crippen molar-refractivity contribution in [3.63, 3.8) is 0 Å². The third kappa shape index (κ3) is 2.99. The van der Waals surface area contributed by atoms with E-state index in [1.54, 1.807) is 20.4 Å². The van der Waals surface area contributed by atoms with Gasteiger partial charge >= 0.3 is 0 Å². The molecule has 0 bridgehead atoms. The Labute approximate surface area is 151 Å². The van der Waals surface area contributed by atoms with Gasteiger partial charge in [0.25, 0.3) is 0 Å². The van der Waals surface area contributed by atoms with Gasteiger partial charge in [0.15, 0.2) is 5.82 Å². The van der Waals surface area contributed by atoms with Crippen molar-refractivity contribution in [3.05, 3.63) is 54.2 Å². The molecule has 0 radical (unpaired) electrons. The smallest absolute Gasteiger partial charge is 0.249 e. The zero-order valence-electron chi connectivity index (χ0n) is 14.6. The fraction of sp³-hybridized carbons (Fsp3) is 0.211. The third-order valence-corrected chi connectivity index (χ3v) is 4.36. The Morgan fingerprint density at radius 3 is 2.81 bits per heavy atom. The van der Waals surface area contributed by atoms with E-state index in [0.29, 0.717) is 23.1 Å². The first-order valence-electron chi connectivity index (χ1n) is 8.32. The maximum atomic E-state index is 5.39. The Kier molecular flexibility index (Phi) is 4.27. The molecule has 1 aromatic heterocycles. The van der Waals surface area contributed by atoms with Crippen molar-refractivity contribution in [2.75, 3.05) is 31.0 Å². The Morgan fingerprint density at radius 2 is 1.96 bits per heavy atom. The number of nitrogens with zero attached hydrogens (tertiary/aromatic N) is 4. The van der Waals surface area contributed by atoms with Crippen LogP contribution in [0, 0.1) is 0 Å². The molecule has 0 atom stereocenters. The van der Waals surface area contributed by atoms with Gasteiger partial charge in [-0.25, -0.2) is 0 Å². The predicted octanol–water partition coefficient (Wildman–Crippen LogP) is 3.33. The van der Waals surface area contributed by atoms with E-state index >= 15 is 0 Å². The summed E-state index contributed by atoms with van der Waals surface area (Å²) in [5.41, 5.74) is 3.20. The second kappa shape index (κ2) is 6.87. The number of nitrogens with one attached hydrogen (secondary N) is 1. The average molecular weight is 349 g/mol. The number of hydrogen-bond acceptors (Lipinski definition) is 7. The monoisotopic (exact) mass is 349 g/mol. The molecular formula is C19H19N5O2. The fourth-order valence-corrected chi connectivity index (χ4v) is 3.09. The number of benzene rings is 2. The van der Waals surface area contributed by atoms with Gasteiger partial charge in [-0.15, -0.1) is 5.10 Å². The van der Waals surface area contributed by atoms with Crippen LogP contribution in [-0.2, 0) is 6.42 Å². The van der Waals surface area contributed by atoms with Gasteiger partial charge in [-0.1, -0.05) is 18.2 Å². The van der Waals surface area contributed by atoms with Gasteiger partial charge in [-0.3, -0.25) is 0 Å². The first-order chi connectivity index (χ1) is 12.8. The molecule has 4 rings (SSSR count). The number of rotatable bonds is 5. The second-order valence-corrected chi connectivity index (χ2v) is 5.86. The molecule has 0 spiro atoms. The summed E-state index contributed by atoms with van der Waals surface area (Å²) < 4.78 is 10.7. The van der Waals surface area contributed by atoms with Crippen molar-refractivity contribution < 1.29 is 9.47 Å². The van der Waals surface area contributed by atoms with Gasteiger partial charge in [0.1, 0.15) is 11.5 Å². The quantitative estimate of drug-likeness (QED) is 0.757. The van der Waals surface area contributed by atoms with Crippen LogP contribution in [-0.4, -0.2) is 35.9 Å². The molecule has 0 saturated heterocycles. The number of hydrogen-bond donors (Lipinski definition) is 1. The minimum absolute atomic E-state index is 0.401. The van der Waals surface area contributed by atoms with E-state index in [1.165, 1.54) is 5.56 Å². The molecule has 0 unspecified atom stereocenters. The van der Waals surface area contributed by atoms with Crippen LogP contribution in [0.3, 0.4) is 0 Å². The van der Waals surface area contributed by atoms with Gasteiger partial charge in [0, 0.05) is 18.3 Å². The zero-order chi connectivity index (χ0) is 17.9. The number of aromatic nitrogens is 3. The Morgan fingerprint density at radius 1 is 1.08 bits per heavy atom. The number of anilines is 4. The minimum Gasteiger partial charge on any atom is -0.497 e. The highest BCUT2D eigenvalue weighted by Crippen LogP contribution is 2.34. The number of ether oxygens (including phenoxy) is 2. The Balaban J connectivity index is 1.63. The zero-order valence-corrected chi connectivity index (χ0v) is 14.6. The SMILES string of the molecule is COc1ccc(OC)c(Nc2nncc(N3CCc4ccccc43)n2)c1. The molecule has 2 aromatic carbocycles. The van der Waals surface area contributed by atoms with E-state index in [4.69, 9.17) is 9.47 Å². The number of methoxy groups -OCH3 is 2. The lowest BCUT2D eigenvalue weighted by Gasteiger charge is -2.18. The Hall–Kier alpha value is -3.35. The lowest BCUT2D eigenvalue weighted by molar-refractivity contribution is 0.405. The molecule has 0 aliphatic carbocycles. The van der Waals surface area contributed by atoms with E-state index in [9.17, 15) is 0 Å². The highest BCUT2D eigenvalue weighted by atomic mass is 16.5.